The van der Waals surface area contributed by atoms with Crippen molar-refractivity contribution in [3.05, 3.63) is 78.4 Å². The van der Waals surface area contributed by atoms with Crippen LogP contribution in [0.4, 0.5) is 5.82 Å². The maximum Gasteiger partial charge on any atom is 0.242 e. The molecule has 0 bridgehead atoms. The van der Waals surface area contributed by atoms with Gasteiger partial charge in [0.1, 0.15) is 0 Å². The van der Waals surface area contributed by atoms with E-state index in [0.29, 0.717) is 32.6 Å². The Morgan fingerprint density at radius 2 is 1.50 bits per heavy atom. The molecular formula is C27H31N5O2. The molecule has 1 fully saturated rings. The Bertz CT molecular complexity index is 1080. The number of amides is 2. The summed E-state index contributed by atoms with van der Waals surface area (Å²) in [5.74, 6) is 0.774. The fraction of sp³-hybridized carbons (Fsp3) is 0.333. The number of nitrogens with zero attached hydrogens (tertiary/aromatic N) is 5. The monoisotopic (exact) mass is 457 g/mol. The third-order valence-electron chi connectivity index (χ3n) is 6.12. The molecule has 176 valence electrons. The average molecular weight is 458 g/mol. The molecule has 0 unspecified atom stereocenters. The highest BCUT2D eigenvalue weighted by molar-refractivity contribution is 5.86. The van der Waals surface area contributed by atoms with E-state index < -0.39 is 0 Å². The fourth-order valence-corrected chi connectivity index (χ4v) is 4.12. The molecule has 0 saturated carbocycles. The van der Waals surface area contributed by atoms with E-state index in [9.17, 15) is 9.59 Å². The van der Waals surface area contributed by atoms with Crippen molar-refractivity contribution in [3.63, 3.8) is 0 Å². The normalized spacial score (nSPS) is 13.7. The first-order valence-electron chi connectivity index (χ1n) is 11.8. The minimum atomic E-state index is -0.0418. The molecular weight excluding hydrogens is 426 g/mol. The number of carbonyl (C=O) groups is 2. The SMILES string of the molecule is CC(C)N(CC(=O)N1CCN(c2ccc(-c3ccccc3)nn2)CC1)C(=O)Cc1ccccc1. The van der Waals surface area contributed by atoms with Gasteiger partial charge in [-0.1, -0.05) is 60.7 Å². The Morgan fingerprint density at radius 3 is 2.09 bits per heavy atom. The van der Waals surface area contributed by atoms with E-state index in [4.69, 9.17) is 0 Å². The lowest BCUT2D eigenvalue weighted by molar-refractivity contribution is -0.141. The summed E-state index contributed by atoms with van der Waals surface area (Å²) in [5, 5.41) is 8.78. The average Bonchev–Trinajstić information content (AvgIpc) is 2.88. The van der Waals surface area contributed by atoms with Crippen LogP contribution in [0, 0.1) is 0 Å². The van der Waals surface area contributed by atoms with Crippen molar-refractivity contribution in [2.24, 2.45) is 0 Å². The minimum Gasteiger partial charge on any atom is -0.352 e. The molecule has 0 atom stereocenters. The molecule has 34 heavy (non-hydrogen) atoms. The summed E-state index contributed by atoms with van der Waals surface area (Å²) in [6.07, 6.45) is 0.303. The van der Waals surface area contributed by atoms with Gasteiger partial charge in [0, 0.05) is 37.8 Å². The van der Waals surface area contributed by atoms with E-state index in [2.05, 4.69) is 15.1 Å². The lowest BCUT2D eigenvalue weighted by Gasteiger charge is -2.36. The van der Waals surface area contributed by atoms with Crippen LogP contribution in [0.2, 0.25) is 0 Å². The molecule has 0 spiro atoms. The van der Waals surface area contributed by atoms with E-state index in [-0.39, 0.29) is 24.4 Å². The number of benzene rings is 2. The molecule has 1 aliphatic heterocycles. The molecule has 0 N–H and O–H groups in total. The van der Waals surface area contributed by atoms with Crippen LogP contribution in [-0.4, -0.2) is 70.6 Å². The summed E-state index contributed by atoms with van der Waals surface area (Å²) in [7, 11) is 0. The summed E-state index contributed by atoms with van der Waals surface area (Å²) in [5.41, 5.74) is 2.83. The Balaban J connectivity index is 1.31. The molecule has 0 radical (unpaired) electrons. The van der Waals surface area contributed by atoms with Crippen LogP contribution in [0.15, 0.2) is 72.8 Å². The number of carbonyl (C=O) groups excluding carboxylic acids is 2. The Kier molecular flexibility index (Phi) is 7.52. The molecule has 1 aliphatic rings. The number of anilines is 1. The van der Waals surface area contributed by atoms with E-state index in [1.807, 2.05) is 91.5 Å². The van der Waals surface area contributed by atoms with Crippen LogP contribution in [0.3, 0.4) is 0 Å². The quantitative estimate of drug-likeness (QED) is 0.545. The first-order chi connectivity index (χ1) is 16.5. The molecule has 7 heteroatoms. The second kappa shape index (κ2) is 10.9. The van der Waals surface area contributed by atoms with Gasteiger partial charge in [-0.3, -0.25) is 9.59 Å². The number of hydrogen-bond acceptors (Lipinski definition) is 5. The van der Waals surface area contributed by atoms with Crippen LogP contribution in [0.5, 0.6) is 0 Å². The van der Waals surface area contributed by atoms with Gasteiger partial charge < -0.3 is 14.7 Å². The van der Waals surface area contributed by atoms with Crippen LogP contribution >= 0.6 is 0 Å². The first kappa shape index (κ1) is 23.4. The van der Waals surface area contributed by atoms with Crippen LogP contribution < -0.4 is 4.90 Å². The molecule has 4 rings (SSSR count). The fourth-order valence-electron chi connectivity index (χ4n) is 4.12. The second-order valence-electron chi connectivity index (χ2n) is 8.79. The van der Waals surface area contributed by atoms with Gasteiger partial charge in [0.15, 0.2) is 5.82 Å². The lowest BCUT2D eigenvalue weighted by Crippen LogP contribution is -2.53. The number of rotatable bonds is 7. The number of aromatic nitrogens is 2. The van der Waals surface area contributed by atoms with Crippen LogP contribution in [0.1, 0.15) is 19.4 Å². The van der Waals surface area contributed by atoms with Crippen molar-refractivity contribution in [1.29, 1.82) is 0 Å². The highest BCUT2D eigenvalue weighted by atomic mass is 16.2. The molecule has 2 aromatic carbocycles. The maximum atomic E-state index is 13.0. The number of piperazine rings is 1. The van der Waals surface area contributed by atoms with Gasteiger partial charge >= 0.3 is 0 Å². The highest BCUT2D eigenvalue weighted by Gasteiger charge is 2.26. The summed E-state index contributed by atoms with van der Waals surface area (Å²) >= 11 is 0. The van der Waals surface area contributed by atoms with E-state index >= 15 is 0 Å². The third-order valence-corrected chi connectivity index (χ3v) is 6.12. The minimum absolute atomic E-state index is 0.0136. The predicted octanol–water partition coefficient (Wildman–Crippen LogP) is 3.27. The third kappa shape index (κ3) is 5.78. The molecule has 1 saturated heterocycles. The highest BCUT2D eigenvalue weighted by Crippen LogP contribution is 2.19. The summed E-state index contributed by atoms with van der Waals surface area (Å²) < 4.78 is 0. The summed E-state index contributed by atoms with van der Waals surface area (Å²) in [6.45, 7) is 6.57. The van der Waals surface area contributed by atoms with Crippen molar-refractivity contribution in [2.45, 2.75) is 26.3 Å². The maximum absolute atomic E-state index is 13.0. The van der Waals surface area contributed by atoms with Gasteiger partial charge in [0.05, 0.1) is 18.7 Å². The molecule has 3 aromatic rings. The summed E-state index contributed by atoms with van der Waals surface area (Å²) in [6, 6.07) is 23.5. The topological polar surface area (TPSA) is 69.6 Å². The Hall–Kier alpha value is -3.74. The van der Waals surface area contributed by atoms with Crippen molar-refractivity contribution in [2.75, 3.05) is 37.6 Å². The number of hydrogen-bond donors (Lipinski definition) is 0. The van der Waals surface area contributed by atoms with Gasteiger partial charge in [0.25, 0.3) is 0 Å². The zero-order valence-electron chi connectivity index (χ0n) is 19.8. The van der Waals surface area contributed by atoms with E-state index in [1.165, 1.54) is 0 Å². The molecule has 0 aliphatic carbocycles. The van der Waals surface area contributed by atoms with E-state index in [0.717, 1.165) is 22.6 Å². The van der Waals surface area contributed by atoms with Gasteiger partial charge in [-0.15, -0.1) is 10.2 Å². The van der Waals surface area contributed by atoms with Crippen molar-refractivity contribution < 1.29 is 9.59 Å². The van der Waals surface area contributed by atoms with E-state index in [1.54, 1.807) is 4.90 Å². The van der Waals surface area contributed by atoms with Gasteiger partial charge in [0.2, 0.25) is 11.8 Å². The van der Waals surface area contributed by atoms with Crippen LogP contribution in [0.25, 0.3) is 11.3 Å². The van der Waals surface area contributed by atoms with Crippen molar-refractivity contribution in [3.8, 4) is 11.3 Å². The first-order valence-corrected chi connectivity index (χ1v) is 11.8. The Morgan fingerprint density at radius 1 is 0.853 bits per heavy atom. The molecule has 2 heterocycles. The zero-order chi connectivity index (χ0) is 23.9. The largest absolute Gasteiger partial charge is 0.352 e. The van der Waals surface area contributed by atoms with Crippen molar-refractivity contribution >= 4 is 17.6 Å². The van der Waals surface area contributed by atoms with Crippen molar-refractivity contribution in [1.82, 2.24) is 20.0 Å². The van der Waals surface area contributed by atoms with Gasteiger partial charge in [-0.05, 0) is 31.5 Å². The smallest absolute Gasteiger partial charge is 0.242 e. The van der Waals surface area contributed by atoms with Gasteiger partial charge in [-0.2, -0.15) is 0 Å². The standard InChI is InChI=1S/C27H31N5O2/c1-21(2)32(26(33)19-22-9-5-3-6-10-22)20-27(34)31-17-15-30(16-18-31)25-14-13-24(28-29-25)23-11-7-4-8-12-23/h3-14,21H,15-20H2,1-2H3. The molecule has 1 aromatic heterocycles. The summed E-state index contributed by atoms with van der Waals surface area (Å²) in [4.78, 5) is 31.5. The molecule has 2 amide bonds. The second-order valence-corrected chi connectivity index (χ2v) is 8.79. The Labute approximate surface area is 201 Å². The zero-order valence-corrected chi connectivity index (χ0v) is 19.8. The van der Waals surface area contributed by atoms with Gasteiger partial charge in [-0.25, -0.2) is 0 Å². The molecule has 7 nitrogen and oxygen atoms in total. The van der Waals surface area contributed by atoms with Crippen LogP contribution in [-0.2, 0) is 16.0 Å². The lowest BCUT2D eigenvalue weighted by atomic mass is 10.1. The predicted molar refractivity (Wildman–Crippen MR) is 133 cm³/mol.